The molecule has 0 fully saturated rings. The number of aliphatic hydroxyl groups is 1. The Labute approximate surface area is 122 Å². The summed E-state index contributed by atoms with van der Waals surface area (Å²) in [6.45, 7) is 2.08. The summed E-state index contributed by atoms with van der Waals surface area (Å²) in [6.07, 6.45) is 1.03. The third-order valence-electron chi connectivity index (χ3n) is 3.38. The highest BCUT2D eigenvalue weighted by atomic mass is 16.6. The van der Waals surface area contributed by atoms with Crippen molar-refractivity contribution in [2.24, 2.45) is 7.05 Å². The maximum atomic E-state index is 10.2. The molecule has 2 aromatic rings. The first-order valence-electron chi connectivity index (χ1n) is 6.85. The lowest BCUT2D eigenvalue weighted by molar-refractivity contribution is 0.163. The van der Waals surface area contributed by atoms with Gasteiger partial charge < -0.3 is 24.5 Å². The van der Waals surface area contributed by atoms with E-state index in [1.807, 2.05) is 29.8 Å². The van der Waals surface area contributed by atoms with Gasteiger partial charge in [0.25, 0.3) is 0 Å². The van der Waals surface area contributed by atoms with E-state index in [9.17, 15) is 5.11 Å². The third kappa shape index (κ3) is 3.14. The molecule has 1 atom stereocenters. The highest BCUT2D eigenvalue weighted by molar-refractivity contribution is 5.44. The number of aryl methyl sites for hydroxylation is 1. The Bertz CT molecular complexity index is 614. The Morgan fingerprint density at radius 2 is 2.14 bits per heavy atom. The molecule has 0 saturated heterocycles. The number of nitrogens with one attached hydrogen (secondary N) is 1. The van der Waals surface area contributed by atoms with E-state index in [4.69, 9.17) is 9.47 Å². The summed E-state index contributed by atoms with van der Waals surface area (Å²) in [4.78, 5) is 0. The van der Waals surface area contributed by atoms with Crippen LogP contribution in [0.2, 0.25) is 0 Å². The largest absolute Gasteiger partial charge is 0.486 e. The van der Waals surface area contributed by atoms with Gasteiger partial charge in [-0.05, 0) is 17.7 Å². The quantitative estimate of drug-likeness (QED) is 0.830. The van der Waals surface area contributed by atoms with Crippen LogP contribution < -0.4 is 14.8 Å². The van der Waals surface area contributed by atoms with Crippen molar-refractivity contribution < 1.29 is 14.6 Å². The van der Waals surface area contributed by atoms with Crippen molar-refractivity contribution in [3.05, 3.63) is 35.9 Å². The van der Waals surface area contributed by atoms with E-state index in [-0.39, 0.29) is 0 Å². The molecule has 1 aliphatic heterocycles. The number of fused-ring (bicyclic) bond motifs is 1. The zero-order valence-electron chi connectivity index (χ0n) is 11.8. The number of nitrogens with zero attached hydrogens (tertiary/aromatic N) is 3. The molecule has 0 aliphatic carbocycles. The minimum Gasteiger partial charge on any atom is -0.486 e. The van der Waals surface area contributed by atoms with Crippen molar-refractivity contribution >= 4 is 0 Å². The van der Waals surface area contributed by atoms with Gasteiger partial charge in [-0.25, -0.2) is 0 Å². The molecule has 21 heavy (non-hydrogen) atoms. The topological polar surface area (TPSA) is 81.4 Å². The van der Waals surface area contributed by atoms with Crippen molar-refractivity contribution in [2.45, 2.75) is 12.6 Å². The zero-order chi connectivity index (χ0) is 14.7. The molecule has 112 valence electrons. The van der Waals surface area contributed by atoms with E-state index in [2.05, 4.69) is 15.5 Å². The second-order valence-corrected chi connectivity index (χ2v) is 4.91. The highest BCUT2D eigenvalue weighted by Gasteiger charge is 2.15. The lowest BCUT2D eigenvalue weighted by Crippen LogP contribution is -2.23. The Kier molecular flexibility index (Phi) is 4.03. The van der Waals surface area contributed by atoms with Crippen molar-refractivity contribution in [1.82, 2.24) is 20.1 Å². The number of hydrogen-bond acceptors (Lipinski definition) is 6. The van der Waals surface area contributed by atoms with Crippen molar-refractivity contribution in [3.8, 4) is 11.5 Å². The van der Waals surface area contributed by atoms with Crippen LogP contribution in [0.3, 0.4) is 0 Å². The average Bonchev–Trinajstić information content (AvgIpc) is 2.92. The van der Waals surface area contributed by atoms with Gasteiger partial charge in [0.15, 0.2) is 11.5 Å². The smallest absolute Gasteiger partial charge is 0.161 e. The minimum absolute atomic E-state index is 0.423. The lowest BCUT2D eigenvalue weighted by Gasteiger charge is -2.20. The highest BCUT2D eigenvalue weighted by Crippen LogP contribution is 2.32. The fourth-order valence-corrected chi connectivity index (χ4v) is 2.17. The van der Waals surface area contributed by atoms with E-state index in [1.54, 1.807) is 6.33 Å². The molecule has 0 saturated carbocycles. The molecule has 2 heterocycles. The van der Waals surface area contributed by atoms with Gasteiger partial charge in [-0.2, -0.15) is 0 Å². The van der Waals surface area contributed by atoms with E-state index in [1.165, 1.54) is 0 Å². The van der Waals surface area contributed by atoms with Crippen LogP contribution in [0.5, 0.6) is 11.5 Å². The number of aromatic nitrogens is 3. The first kappa shape index (κ1) is 13.8. The summed E-state index contributed by atoms with van der Waals surface area (Å²) < 4.78 is 12.8. The lowest BCUT2D eigenvalue weighted by atomic mass is 10.1. The Balaban J connectivity index is 1.58. The molecule has 2 N–H and O–H groups in total. The predicted molar refractivity (Wildman–Crippen MR) is 75.1 cm³/mol. The molecule has 3 rings (SSSR count). The first-order chi connectivity index (χ1) is 10.2. The molecule has 7 nitrogen and oxygen atoms in total. The van der Waals surface area contributed by atoms with Gasteiger partial charge >= 0.3 is 0 Å². The normalized spacial score (nSPS) is 15.0. The van der Waals surface area contributed by atoms with Crippen molar-refractivity contribution in [2.75, 3.05) is 19.8 Å². The summed E-state index contributed by atoms with van der Waals surface area (Å²) in [5.41, 5.74) is 0.796. The van der Waals surface area contributed by atoms with E-state index < -0.39 is 6.10 Å². The van der Waals surface area contributed by atoms with Crippen LogP contribution in [-0.4, -0.2) is 39.6 Å². The second-order valence-electron chi connectivity index (χ2n) is 4.91. The molecule has 0 radical (unpaired) electrons. The zero-order valence-corrected chi connectivity index (χ0v) is 11.8. The summed E-state index contributed by atoms with van der Waals surface area (Å²) in [5, 5.41) is 21.2. The summed E-state index contributed by atoms with van der Waals surface area (Å²) in [6, 6.07) is 5.50. The predicted octanol–water partition coefficient (Wildman–Crippen LogP) is 0.409. The van der Waals surface area contributed by atoms with Gasteiger partial charge in [0.05, 0.1) is 12.6 Å². The molecule has 7 heteroatoms. The molecule has 1 unspecified atom stereocenters. The Morgan fingerprint density at radius 3 is 2.90 bits per heavy atom. The number of rotatable bonds is 5. The summed E-state index contributed by atoms with van der Waals surface area (Å²) in [5.74, 6) is 2.24. The number of benzene rings is 1. The van der Waals surface area contributed by atoms with Crippen molar-refractivity contribution in [3.63, 3.8) is 0 Å². The third-order valence-corrected chi connectivity index (χ3v) is 3.38. The maximum absolute atomic E-state index is 10.2. The minimum atomic E-state index is -0.617. The Hall–Kier alpha value is -2.12. The van der Waals surface area contributed by atoms with E-state index in [0.717, 1.165) is 17.1 Å². The summed E-state index contributed by atoms with van der Waals surface area (Å²) in [7, 11) is 1.88. The number of aliphatic hydroxyl groups excluding tert-OH is 1. The molecule has 1 aliphatic rings. The molecular weight excluding hydrogens is 272 g/mol. The summed E-state index contributed by atoms with van der Waals surface area (Å²) >= 11 is 0. The van der Waals surface area contributed by atoms with Crippen LogP contribution >= 0.6 is 0 Å². The first-order valence-corrected chi connectivity index (χ1v) is 6.85. The van der Waals surface area contributed by atoms with Gasteiger partial charge in [-0.3, -0.25) is 0 Å². The van der Waals surface area contributed by atoms with Crippen LogP contribution in [0.1, 0.15) is 17.5 Å². The van der Waals surface area contributed by atoms with Crippen LogP contribution in [0.25, 0.3) is 0 Å². The fourth-order valence-electron chi connectivity index (χ4n) is 2.17. The maximum Gasteiger partial charge on any atom is 0.161 e. The standard InChI is InChI=1S/C14H18N4O3/c1-18-9-16-17-14(18)8-15-7-11(19)10-2-3-12-13(6-10)21-5-4-20-12/h2-3,6,9,11,15,19H,4-5,7-8H2,1H3. The number of ether oxygens (including phenoxy) is 2. The molecule has 0 spiro atoms. The molecule has 1 aromatic carbocycles. The van der Waals surface area contributed by atoms with Crippen LogP contribution in [-0.2, 0) is 13.6 Å². The monoisotopic (exact) mass is 290 g/mol. The van der Waals surface area contributed by atoms with Crippen LogP contribution in [0.15, 0.2) is 24.5 Å². The van der Waals surface area contributed by atoms with E-state index >= 15 is 0 Å². The van der Waals surface area contributed by atoms with Gasteiger partial charge in [0.2, 0.25) is 0 Å². The van der Waals surface area contributed by atoms with Gasteiger partial charge in [-0.15, -0.1) is 10.2 Å². The van der Waals surface area contributed by atoms with Gasteiger partial charge in [-0.1, -0.05) is 6.07 Å². The fraction of sp³-hybridized carbons (Fsp3) is 0.429. The molecule has 0 bridgehead atoms. The van der Waals surface area contributed by atoms with Crippen molar-refractivity contribution in [1.29, 1.82) is 0 Å². The van der Waals surface area contributed by atoms with Gasteiger partial charge in [0, 0.05) is 13.6 Å². The molecule has 0 amide bonds. The van der Waals surface area contributed by atoms with Gasteiger partial charge in [0.1, 0.15) is 25.4 Å². The van der Waals surface area contributed by atoms with Crippen LogP contribution in [0, 0.1) is 0 Å². The van der Waals surface area contributed by atoms with E-state index in [0.29, 0.717) is 32.1 Å². The molecule has 1 aromatic heterocycles. The Morgan fingerprint density at radius 1 is 1.33 bits per heavy atom. The molecular formula is C14H18N4O3. The second kappa shape index (κ2) is 6.11. The SMILES string of the molecule is Cn1cnnc1CNCC(O)c1ccc2c(c1)OCCO2. The van der Waals surface area contributed by atoms with Crippen LogP contribution in [0.4, 0.5) is 0 Å². The average molecular weight is 290 g/mol. The number of hydrogen-bond donors (Lipinski definition) is 2.